The van der Waals surface area contributed by atoms with Crippen molar-refractivity contribution in [3.63, 3.8) is 0 Å². The molecule has 1 heterocycles. The van der Waals surface area contributed by atoms with Gasteiger partial charge in [0.1, 0.15) is 5.82 Å². The van der Waals surface area contributed by atoms with Crippen LogP contribution in [0.1, 0.15) is 47.1 Å². The zero-order valence-electron chi connectivity index (χ0n) is 19.1. The predicted molar refractivity (Wildman–Crippen MR) is 125 cm³/mol. The molecule has 7 nitrogen and oxygen atoms in total. The minimum absolute atomic E-state index is 0.0911. The van der Waals surface area contributed by atoms with Gasteiger partial charge in [0.15, 0.2) is 0 Å². The summed E-state index contributed by atoms with van der Waals surface area (Å²) < 4.78 is 29.9. The van der Waals surface area contributed by atoms with Gasteiger partial charge in [0.2, 0.25) is 10.0 Å². The molecule has 4 rings (SSSR count). The number of imidazole rings is 1. The smallest absolute Gasteiger partial charge is 0.253 e. The second-order valence-electron chi connectivity index (χ2n) is 8.57. The van der Waals surface area contributed by atoms with E-state index < -0.39 is 10.0 Å². The summed E-state index contributed by atoms with van der Waals surface area (Å²) >= 11 is 0. The van der Waals surface area contributed by atoms with Crippen molar-refractivity contribution in [3.8, 4) is 0 Å². The van der Waals surface area contributed by atoms with Crippen molar-refractivity contribution < 1.29 is 13.2 Å². The van der Waals surface area contributed by atoms with E-state index in [2.05, 4.69) is 4.98 Å². The second-order valence-corrected chi connectivity index (χ2v) is 10.6. The number of carbonyl (C=O) groups is 1. The third kappa shape index (κ3) is 4.04. The highest BCUT2D eigenvalue weighted by molar-refractivity contribution is 7.89. The summed E-state index contributed by atoms with van der Waals surface area (Å²) in [5.41, 5.74) is 4.54. The number of benzene rings is 2. The van der Waals surface area contributed by atoms with Gasteiger partial charge < -0.3 is 9.47 Å². The van der Waals surface area contributed by atoms with Crippen molar-refractivity contribution in [2.24, 2.45) is 0 Å². The van der Waals surface area contributed by atoms with Crippen LogP contribution in [0.25, 0.3) is 11.0 Å². The minimum atomic E-state index is -3.65. The molecule has 1 aromatic heterocycles. The number of sulfonamides is 1. The lowest BCUT2D eigenvalue weighted by atomic mass is 9.92. The molecule has 0 fully saturated rings. The van der Waals surface area contributed by atoms with Gasteiger partial charge in [0.25, 0.3) is 5.91 Å². The Bertz CT molecular complexity index is 1280. The first-order valence-electron chi connectivity index (χ1n) is 11.0. The number of hydrogen-bond donors (Lipinski definition) is 0. The fraction of sp³-hybridized carbons (Fsp3) is 0.417. The van der Waals surface area contributed by atoms with Gasteiger partial charge in [-0.05, 0) is 74.1 Å². The van der Waals surface area contributed by atoms with Crippen LogP contribution in [0, 0.1) is 0 Å². The molecule has 0 spiro atoms. The Balaban J connectivity index is 1.65. The lowest BCUT2D eigenvalue weighted by molar-refractivity contribution is 0.0827. The maximum atomic E-state index is 13.3. The van der Waals surface area contributed by atoms with Gasteiger partial charge in [-0.2, -0.15) is 4.31 Å². The number of aromatic nitrogens is 2. The van der Waals surface area contributed by atoms with Crippen molar-refractivity contribution in [1.29, 1.82) is 0 Å². The summed E-state index contributed by atoms with van der Waals surface area (Å²) in [5.74, 6) is 0.563. The lowest BCUT2D eigenvalue weighted by Crippen LogP contribution is -2.28. The summed E-state index contributed by atoms with van der Waals surface area (Å²) in [5, 5.41) is 0. The zero-order chi connectivity index (χ0) is 23.0. The van der Waals surface area contributed by atoms with E-state index in [1.54, 1.807) is 39.3 Å². The van der Waals surface area contributed by atoms with Crippen LogP contribution in [0.4, 0.5) is 0 Å². The average molecular weight is 455 g/mol. The number of amides is 1. The van der Waals surface area contributed by atoms with E-state index >= 15 is 0 Å². The van der Waals surface area contributed by atoms with Crippen LogP contribution >= 0.6 is 0 Å². The minimum Gasteiger partial charge on any atom is -0.345 e. The molecule has 2 aromatic carbocycles. The molecule has 0 unspecified atom stereocenters. The van der Waals surface area contributed by atoms with E-state index in [1.807, 2.05) is 29.7 Å². The summed E-state index contributed by atoms with van der Waals surface area (Å²) in [7, 11) is 1.37. The van der Waals surface area contributed by atoms with Gasteiger partial charge >= 0.3 is 0 Å². The fourth-order valence-corrected chi connectivity index (χ4v) is 5.56. The van der Waals surface area contributed by atoms with Gasteiger partial charge in [0, 0.05) is 33.3 Å². The summed E-state index contributed by atoms with van der Waals surface area (Å²) in [6.45, 7) is 2.81. The molecular formula is C24H30N4O3S. The second kappa shape index (κ2) is 8.67. The highest BCUT2D eigenvalue weighted by atomic mass is 32.2. The Labute approximate surface area is 189 Å². The Morgan fingerprint density at radius 1 is 1.03 bits per heavy atom. The molecule has 3 aromatic rings. The van der Waals surface area contributed by atoms with Crippen molar-refractivity contribution >= 4 is 27.0 Å². The molecule has 0 saturated heterocycles. The number of nitrogens with zero attached hydrogens (tertiary/aromatic N) is 4. The molecule has 0 saturated carbocycles. The third-order valence-corrected chi connectivity index (χ3v) is 7.99. The van der Waals surface area contributed by atoms with E-state index in [1.165, 1.54) is 14.8 Å². The summed E-state index contributed by atoms with van der Waals surface area (Å²) in [6, 6.07) is 10.9. The van der Waals surface area contributed by atoms with Crippen LogP contribution in [-0.2, 0) is 36.0 Å². The Kier molecular flexibility index (Phi) is 6.09. The fourth-order valence-electron chi connectivity index (χ4n) is 4.38. The Morgan fingerprint density at radius 2 is 1.75 bits per heavy atom. The van der Waals surface area contributed by atoms with Crippen LogP contribution < -0.4 is 0 Å². The highest BCUT2D eigenvalue weighted by Crippen LogP contribution is 2.26. The van der Waals surface area contributed by atoms with Crippen LogP contribution in [0.2, 0.25) is 0 Å². The zero-order valence-corrected chi connectivity index (χ0v) is 19.9. The van der Waals surface area contributed by atoms with E-state index in [9.17, 15) is 13.2 Å². The van der Waals surface area contributed by atoms with Gasteiger partial charge in [-0.15, -0.1) is 0 Å². The molecule has 170 valence electrons. The number of aryl methyl sites for hydroxylation is 3. The molecule has 1 aliphatic carbocycles. The maximum absolute atomic E-state index is 13.3. The molecule has 0 N–H and O–H groups in total. The van der Waals surface area contributed by atoms with Crippen molar-refractivity contribution in [2.45, 2.75) is 50.6 Å². The van der Waals surface area contributed by atoms with Gasteiger partial charge in [-0.25, -0.2) is 13.4 Å². The first kappa shape index (κ1) is 22.5. The average Bonchev–Trinajstić information content (AvgIpc) is 3.13. The maximum Gasteiger partial charge on any atom is 0.253 e. The molecule has 0 atom stereocenters. The Morgan fingerprint density at radius 3 is 2.44 bits per heavy atom. The number of rotatable bonds is 6. The summed E-state index contributed by atoms with van der Waals surface area (Å²) in [6.07, 6.45) is 4.21. The molecule has 1 amide bonds. The SMILES string of the molecule is CCn1c(CN(C)S(=O)(=O)c2ccc3c(c2)CCCC3)nc2cc(C(=O)N(C)C)ccc21. The van der Waals surface area contributed by atoms with Crippen molar-refractivity contribution in [3.05, 3.63) is 58.9 Å². The van der Waals surface area contributed by atoms with E-state index in [0.717, 1.165) is 36.8 Å². The quantitative estimate of drug-likeness (QED) is 0.572. The molecule has 0 bridgehead atoms. The normalized spacial score (nSPS) is 14.0. The first-order chi connectivity index (χ1) is 15.2. The summed E-state index contributed by atoms with van der Waals surface area (Å²) in [4.78, 5) is 18.9. The molecule has 0 radical (unpaired) electrons. The van der Waals surface area contributed by atoms with Crippen LogP contribution in [0.5, 0.6) is 0 Å². The molecule has 0 aliphatic heterocycles. The van der Waals surface area contributed by atoms with Crippen molar-refractivity contribution in [1.82, 2.24) is 18.8 Å². The van der Waals surface area contributed by atoms with E-state index in [4.69, 9.17) is 0 Å². The van der Waals surface area contributed by atoms with Gasteiger partial charge in [0.05, 0.1) is 22.5 Å². The number of carbonyl (C=O) groups excluding carboxylic acids is 1. The topological polar surface area (TPSA) is 75.5 Å². The van der Waals surface area contributed by atoms with Crippen LogP contribution in [-0.4, -0.2) is 54.2 Å². The third-order valence-electron chi connectivity index (χ3n) is 6.19. The largest absolute Gasteiger partial charge is 0.345 e. The molecular weight excluding hydrogens is 424 g/mol. The van der Waals surface area contributed by atoms with E-state index in [0.29, 0.717) is 28.3 Å². The highest BCUT2D eigenvalue weighted by Gasteiger charge is 2.25. The molecule has 8 heteroatoms. The van der Waals surface area contributed by atoms with Gasteiger partial charge in [-0.3, -0.25) is 4.79 Å². The number of fused-ring (bicyclic) bond motifs is 2. The predicted octanol–water partition coefficient (Wildman–Crippen LogP) is 3.46. The lowest BCUT2D eigenvalue weighted by Gasteiger charge is -2.20. The first-order valence-corrected chi connectivity index (χ1v) is 12.5. The van der Waals surface area contributed by atoms with Crippen molar-refractivity contribution in [2.75, 3.05) is 21.1 Å². The number of hydrogen-bond acceptors (Lipinski definition) is 4. The van der Waals surface area contributed by atoms with E-state index in [-0.39, 0.29) is 12.5 Å². The Hall–Kier alpha value is -2.71. The van der Waals surface area contributed by atoms with Crippen LogP contribution in [0.3, 0.4) is 0 Å². The monoisotopic (exact) mass is 454 g/mol. The van der Waals surface area contributed by atoms with Crippen LogP contribution in [0.15, 0.2) is 41.3 Å². The molecule has 1 aliphatic rings. The van der Waals surface area contributed by atoms with Gasteiger partial charge in [-0.1, -0.05) is 6.07 Å². The standard InChI is InChI=1S/C24H30N4O3S/c1-5-28-22-13-11-19(24(29)26(2)3)15-21(22)25-23(28)16-27(4)32(30,31)20-12-10-17-8-6-7-9-18(17)14-20/h10-15H,5-9,16H2,1-4H3. The molecule has 32 heavy (non-hydrogen) atoms.